The van der Waals surface area contributed by atoms with E-state index >= 15 is 0 Å². The summed E-state index contributed by atoms with van der Waals surface area (Å²) in [6.07, 6.45) is -2.55. The van der Waals surface area contributed by atoms with Crippen molar-refractivity contribution in [3.8, 4) is 5.75 Å². The molecule has 1 atom stereocenters. The fourth-order valence-corrected chi connectivity index (χ4v) is 1.58. The zero-order valence-electron chi connectivity index (χ0n) is 11.4. The Bertz CT molecular complexity index is 357. The van der Waals surface area contributed by atoms with E-state index in [4.69, 9.17) is 19.3 Å². The topological polar surface area (TPSA) is 47.9 Å². The Kier molecular flexibility index (Phi) is 8.10. The maximum Gasteiger partial charge on any atom is 0.261 e. The molecule has 1 unspecified atom stereocenters. The van der Waals surface area contributed by atoms with E-state index in [9.17, 15) is 8.78 Å². The number of benzene rings is 1. The van der Waals surface area contributed by atoms with Crippen molar-refractivity contribution in [2.24, 2.45) is 0 Å². The second-order valence-electron chi connectivity index (χ2n) is 4.22. The highest BCUT2D eigenvalue weighted by atomic mass is 19.3. The van der Waals surface area contributed by atoms with Gasteiger partial charge in [-0.1, -0.05) is 12.1 Å². The monoisotopic (exact) mass is 290 g/mol. The molecule has 4 nitrogen and oxygen atoms in total. The molecule has 0 aliphatic carbocycles. The first-order valence-electron chi connectivity index (χ1n) is 6.37. The number of rotatable bonds is 10. The summed E-state index contributed by atoms with van der Waals surface area (Å²) in [5, 5.41) is 8.91. The van der Waals surface area contributed by atoms with E-state index < -0.39 is 19.1 Å². The van der Waals surface area contributed by atoms with Crippen LogP contribution in [0.15, 0.2) is 24.3 Å². The average Bonchev–Trinajstić information content (AvgIpc) is 2.45. The summed E-state index contributed by atoms with van der Waals surface area (Å²) in [6.45, 7) is -0.326. The van der Waals surface area contributed by atoms with E-state index in [-0.39, 0.29) is 13.2 Å². The van der Waals surface area contributed by atoms with Gasteiger partial charge in [0.2, 0.25) is 0 Å². The Labute approximate surface area is 117 Å². The highest BCUT2D eigenvalue weighted by Gasteiger charge is 2.11. The van der Waals surface area contributed by atoms with Gasteiger partial charge in [0.25, 0.3) is 6.43 Å². The second kappa shape index (κ2) is 9.63. The standard InChI is InChI=1S/C14H20F2O4/c1-18-12-4-2-11(3-5-12)8-20-13(6-7-17)9-19-10-14(15)16/h2-5,13-14,17H,6-10H2,1H3. The summed E-state index contributed by atoms with van der Waals surface area (Å²) in [5.74, 6) is 0.751. The number of aliphatic hydroxyl groups is 1. The number of hydrogen-bond donors (Lipinski definition) is 1. The van der Waals surface area contributed by atoms with E-state index in [1.807, 2.05) is 24.3 Å². The van der Waals surface area contributed by atoms with Crippen LogP contribution in [0.5, 0.6) is 5.75 Å². The lowest BCUT2D eigenvalue weighted by molar-refractivity contribution is -0.0584. The SMILES string of the molecule is COc1ccc(COC(CCO)COCC(F)F)cc1. The van der Waals surface area contributed by atoms with Crippen LogP contribution in [0, 0.1) is 0 Å². The van der Waals surface area contributed by atoms with Crippen LogP contribution >= 0.6 is 0 Å². The molecular weight excluding hydrogens is 270 g/mol. The van der Waals surface area contributed by atoms with Crippen molar-refractivity contribution in [2.75, 3.05) is 26.9 Å². The molecule has 0 saturated heterocycles. The smallest absolute Gasteiger partial charge is 0.261 e. The van der Waals surface area contributed by atoms with Crippen LogP contribution in [0.4, 0.5) is 8.78 Å². The molecule has 1 aromatic carbocycles. The van der Waals surface area contributed by atoms with Gasteiger partial charge < -0.3 is 19.3 Å². The molecule has 0 spiro atoms. The highest BCUT2D eigenvalue weighted by molar-refractivity contribution is 5.26. The number of ether oxygens (including phenoxy) is 3. The minimum Gasteiger partial charge on any atom is -0.497 e. The molecule has 114 valence electrons. The molecule has 0 saturated carbocycles. The molecule has 1 rings (SSSR count). The normalized spacial score (nSPS) is 12.7. The molecule has 0 aromatic heterocycles. The Hall–Kier alpha value is -1.24. The molecule has 6 heteroatoms. The molecule has 1 N–H and O–H groups in total. The van der Waals surface area contributed by atoms with Gasteiger partial charge in [-0.2, -0.15) is 0 Å². The van der Waals surface area contributed by atoms with Crippen LogP contribution in [0.1, 0.15) is 12.0 Å². The third kappa shape index (κ3) is 6.79. The lowest BCUT2D eigenvalue weighted by Crippen LogP contribution is -2.23. The predicted octanol–water partition coefficient (Wildman–Crippen LogP) is 2.24. The lowest BCUT2D eigenvalue weighted by Gasteiger charge is -2.17. The third-order valence-electron chi connectivity index (χ3n) is 2.64. The van der Waals surface area contributed by atoms with Gasteiger partial charge in [0.05, 0.1) is 26.4 Å². The van der Waals surface area contributed by atoms with E-state index in [2.05, 4.69) is 0 Å². The van der Waals surface area contributed by atoms with Crippen LogP contribution in [0.3, 0.4) is 0 Å². The molecule has 0 radical (unpaired) electrons. The Morgan fingerprint density at radius 3 is 2.40 bits per heavy atom. The molecule has 20 heavy (non-hydrogen) atoms. The lowest BCUT2D eigenvalue weighted by atomic mass is 10.2. The van der Waals surface area contributed by atoms with Crippen molar-refractivity contribution in [3.05, 3.63) is 29.8 Å². The Morgan fingerprint density at radius 1 is 1.15 bits per heavy atom. The first kappa shape index (κ1) is 16.8. The van der Waals surface area contributed by atoms with Gasteiger partial charge in [0, 0.05) is 6.61 Å². The molecule has 0 bridgehead atoms. The quantitative estimate of drug-likeness (QED) is 0.718. The van der Waals surface area contributed by atoms with Crippen molar-refractivity contribution in [2.45, 2.75) is 25.6 Å². The molecule has 0 heterocycles. The largest absolute Gasteiger partial charge is 0.497 e. The summed E-state index contributed by atoms with van der Waals surface area (Å²) in [4.78, 5) is 0. The minimum absolute atomic E-state index is 0.0427. The highest BCUT2D eigenvalue weighted by Crippen LogP contribution is 2.13. The van der Waals surface area contributed by atoms with Crippen molar-refractivity contribution in [1.82, 2.24) is 0 Å². The van der Waals surface area contributed by atoms with E-state index in [0.717, 1.165) is 11.3 Å². The summed E-state index contributed by atoms with van der Waals surface area (Å²) in [6, 6.07) is 7.34. The molecule has 0 fully saturated rings. The number of aliphatic hydroxyl groups excluding tert-OH is 1. The first-order valence-corrected chi connectivity index (χ1v) is 6.37. The third-order valence-corrected chi connectivity index (χ3v) is 2.64. The van der Waals surface area contributed by atoms with Gasteiger partial charge in [0.15, 0.2) is 0 Å². The summed E-state index contributed by atoms with van der Waals surface area (Å²) in [5.41, 5.74) is 0.933. The predicted molar refractivity (Wildman–Crippen MR) is 70.1 cm³/mol. The van der Waals surface area contributed by atoms with Crippen LogP contribution in [0.25, 0.3) is 0 Å². The fourth-order valence-electron chi connectivity index (χ4n) is 1.58. The van der Waals surface area contributed by atoms with Crippen molar-refractivity contribution in [1.29, 1.82) is 0 Å². The van der Waals surface area contributed by atoms with E-state index in [1.165, 1.54) is 0 Å². The summed E-state index contributed by atoms with van der Waals surface area (Å²) >= 11 is 0. The van der Waals surface area contributed by atoms with Crippen LogP contribution in [0.2, 0.25) is 0 Å². The Morgan fingerprint density at radius 2 is 1.85 bits per heavy atom. The van der Waals surface area contributed by atoms with Gasteiger partial charge in [-0.3, -0.25) is 0 Å². The van der Waals surface area contributed by atoms with Gasteiger partial charge in [-0.25, -0.2) is 8.78 Å². The van der Waals surface area contributed by atoms with Crippen LogP contribution in [-0.4, -0.2) is 44.6 Å². The van der Waals surface area contributed by atoms with E-state index in [1.54, 1.807) is 7.11 Å². The fraction of sp³-hybridized carbons (Fsp3) is 0.571. The van der Waals surface area contributed by atoms with Crippen LogP contribution < -0.4 is 4.74 Å². The minimum atomic E-state index is -2.49. The molecule has 1 aromatic rings. The zero-order chi connectivity index (χ0) is 14.8. The van der Waals surface area contributed by atoms with Gasteiger partial charge in [0.1, 0.15) is 12.4 Å². The molecule has 0 aliphatic rings. The van der Waals surface area contributed by atoms with Gasteiger partial charge in [-0.15, -0.1) is 0 Å². The zero-order valence-corrected chi connectivity index (χ0v) is 11.4. The molecular formula is C14H20F2O4. The maximum atomic E-state index is 12.0. The Balaban J connectivity index is 2.36. The van der Waals surface area contributed by atoms with E-state index in [0.29, 0.717) is 13.0 Å². The molecule has 0 amide bonds. The second-order valence-corrected chi connectivity index (χ2v) is 4.22. The first-order chi connectivity index (χ1) is 9.65. The number of methoxy groups -OCH3 is 1. The molecule has 0 aliphatic heterocycles. The van der Waals surface area contributed by atoms with Crippen LogP contribution in [-0.2, 0) is 16.1 Å². The summed E-state index contributed by atoms with van der Waals surface area (Å²) < 4.78 is 39.4. The average molecular weight is 290 g/mol. The summed E-state index contributed by atoms with van der Waals surface area (Å²) in [7, 11) is 1.59. The number of halogens is 2. The maximum absolute atomic E-state index is 12.0. The van der Waals surface area contributed by atoms with Crippen molar-refractivity contribution in [3.63, 3.8) is 0 Å². The number of hydrogen-bond acceptors (Lipinski definition) is 4. The van der Waals surface area contributed by atoms with Crippen molar-refractivity contribution >= 4 is 0 Å². The van der Waals surface area contributed by atoms with Crippen molar-refractivity contribution < 1.29 is 28.1 Å². The van der Waals surface area contributed by atoms with Gasteiger partial charge in [-0.05, 0) is 24.1 Å². The number of alkyl halides is 2. The van der Waals surface area contributed by atoms with Gasteiger partial charge >= 0.3 is 0 Å².